The second-order valence-corrected chi connectivity index (χ2v) is 15.2. The van der Waals surface area contributed by atoms with Crippen LogP contribution in [0.4, 0.5) is 13.6 Å². The highest BCUT2D eigenvalue weighted by molar-refractivity contribution is 7.99. The van der Waals surface area contributed by atoms with E-state index in [0.29, 0.717) is 38.0 Å². The lowest BCUT2D eigenvalue weighted by atomic mass is 10.00. The Hall–Kier alpha value is -2.74. The molecule has 0 radical (unpaired) electrons. The van der Waals surface area contributed by atoms with Crippen LogP contribution in [0.2, 0.25) is 0 Å². The number of aliphatic hydroxyl groups excluding tert-OH is 1. The molecule has 2 aromatic rings. The number of aliphatic hydroxyl groups is 1. The lowest BCUT2D eigenvalue weighted by molar-refractivity contribution is -0.124. The maximum atomic E-state index is 14.1. The van der Waals surface area contributed by atoms with Gasteiger partial charge in [-0.3, -0.25) is 4.79 Å². The van der Waals surface area contributed by atoms with Crippen LogP contribution in [0.5, 0.6) is 0 Å². The second-order valence-electron chi connectivity index (χ2n) is 11.7. The minimum absolute atomic E-state index is 0.00525. The van der Waals surface area contributed by atoms with Gasteiger partial charge >= 0.3 is 6.09 Å². The summed E-state index contributed by atoms with van der Waals surface area (Å²) in [6.45, 7) is 6.09. The minimum atomic E-state index is -3.84. The van der Waals surface area contributed by atoms with E-state index in [1.807, 2.05) is 38.1 Å². The Kier molecular flexibility index (Phi) is 15.2. The van der Waals surface area contributed by atoms with Crippen molar-refractivity contribution in [2.45, 2.75) is 95.4 Å². The summed E-state index contributed by atoms with van der Waals surface area (Å²) < 4.78 is 60.3. The summed E-state index contributed by atoms with van der Waals surface area (Å²) in [5.74, 6) is -1.74. The van der Waals surface area contributed by atoms with Crippen LogP contribution in [0, 0.1) is 11.6 Å². The average Bonchev–Trinajstić information content (AvgIpc) is 3.51. The number of aryl methyl sites for hydroxylation is 1. The topological polar surface area (TPSA) is 134 Å². The molecule has 256 valence electrons. The molecule has 0 bridgehead atoms. The quantitative estimate of drug-likeness (QED) is 0.183. The first kappa shape index (κ1) is 37.7. The van der Waals surface area contributed by atoms with Gasteiger partial charge in [-0.15, -0.1) is 0 Å². The first-order valence-corrected chi connectivity index (χ1v) is 18.8. The fraction of sp³-hybridized carbons (Fsp3) is 0.576. The van der Waals surface area contributed by atoms with E-state index in [2.05, 4.69) is 16.0 Å². The molecule has 1 unspecified atom stereocenters. The number of halogens is 2. The monoisotopic (exact) mass is 683 g/mol. The van der Waals surface area contributed by atoms with Gasteiger partial charge in [-0.2, -0.15) is 11.8 Å². The average molecular weight is 684 g/mol. The fourth-order valence-electron chi connectivity index (χ4n) is 5.46. The number of thioether (sulfide) groups is 1. The van der Waals surface area contributed by atoms with Gasteiger partial charge in [-0.1, -0.05) is 51.5 Å². The molecule has 4 N–H and O–H groups in total. The maximum absolute atomic E-state index is 14.1. The first-order chi connectivity index (χ1) is 21.9. The molecule has 1 heterocycles. The van der Waals surface area contributed by atoms with Gasteiger partial charge in [0.1, 0.15) is 23.8 Å². The van der Waals surface area contributed by atoms with Crippen molar-refractivity contribution in [1.82, 2.24) is 16.0 Å². The summed E-state index contributed by atoms with van der Waals surface area (Å²) in [6.07, 6.45) is 0.210. The number of hydrogen-bond donors (Lipinski definition) is 4. The Bertz CT molecular complexity index is 1370. The van der Waals surface area contributed by atoms with E-state index in [-0.39, 0.29) is 24.6 Å². The molecular formula is C33H47F2N3O6S2. The molecule has 1 aliphatic heterocycles. The van der Waals surface area contributed by atoms with E-state index in [1.54, 1.807) is 18.7 Å². The molecule has 1 saturated heterocycles. The van der Waals surface area contributed by atoms with Gasteiger partial charge in [0, 0.05) is 24.9 Å². The molecule has 9 nitrogen and oxygen atoms in total. The molecule has 1 aliphatic rings. The molecule has 13 heteroatoms. The third-order valence-corrected chi connectivity index (χ3v) is 11.5. The molecule has 5 atom stereocenters. The Balaban J connectivity index is 1.82. The zero-order valence-corrected chi connectivity index (χ0v) is 28.4. The van der Waals surface area contributed by atoms with Gasteiger partial charge in [0.15, 0.2) is 9.84 Å². The maximum Gasteiger partial charge on any atom is 0.408 e. The molecule has 0 saturated carbocycles. The van der Waals surface area contributed by atoms with Crippen LogP contribution < -0.4 is 16.0 Å². The minimum Gasteiger partial charge on any atom is -0.445 e. The number of carbonyl (C=O) groups is 2. The first-order valence-electron chi connectivity index (χ1n) is 15.9. The van der Waals surface area contributed by atoms with Crippen molar-refractivity contribution in [3.63, 3.8) is 0 Å². The number of hydrogen-bond acceptors (Lipinski definition) is 8. The van der Waals surface area contributed by atoms with Gasteiger partial charge < -0.3 is 25.8 Å². The van der Waals surface area contributed by atoms with Crippen molar-refractivity contribution in [2.75, 3.05) is 23.8 Å². The number of sulfone groups is 1. The highest BCUT2D eigenvalue weighted by atomic mass is 32.2. The number of nitrogens with one attached hydrogen (secondary N) is 3. The van der Waals surface area contributed by atoms with Crippen molar-refractivity contribution in [3.8, 4) is 0 Å². The van der Waals surface area contributed by atoms with Crippen LogP contribution in [0.15, 0.2) is 42.5 Å². The van der Waals surface area contributed by atoms with Crippen molar-refractivity contribution in [3.05, 3.63) is 70.8 Å². The van der Waals surface area contributed by atoms with Gasteiger partial charge in [0.05, 0.1) is 23.1 Å². The molecule has 0 aromatic heterocycles. The smallest absolute Gasteiger partial charge is 0.408 e. The highest BCUT2D eigenvalue weighted by Crippen LogP contribution is 2.21. The predicted molar refractivity (Wildman–Crippen MR) is 177 cm³/mol. The molecule has 2 amide bonds. The third-order valence-electron chi connectivity index (χ3n) is 8.00. The van der Waals surface area contributed by atoms with Crippen LogP contribution in [0.1, 0.15) is 63.1 Å². The fourth-order valence-corrected chi connectivity index (χ4v) is 8.63. The number of carbonyl (C=O) groups excluding carboxylic acids is 2. The molecular weight excluding hydrogens is 637 g/mol. The number of amides is 2. The predicted octanol–water partition coefficient (Wildman–Crippen LogP) is 4.30. The van der Waals surface area contributed by atoms with E-state index in [4.69, 9.17) is 4.74 Å². The highest BCUT2D eigenvalue weighted by Gasteiger charge is 2.35. The Morgan fingerprint density at radius 1 is 1.04 bits per heavy atom. The summed E-state index contributed by atoms with van der Waals surface area (Å²) in [7, 11) is -3.84. The summed E-state index contributed by atoms with van der Waals surface area (Å²) in [5, 5.41) is 18.8. The van der Waals surface area contributed by atoms with Crippen LogP contribution >= 0.6 is 11.8 Å². The number of ether oxygens (including phenoxy) is 1. The normalized spacial score (nSPS) is 17.6. The van der Waals surface area contributed by atoms with E-state index < -0.39 is 62.7 Å². The van der Waals surface area contributed by atoms with E-state index >= 15 is 0 Å². The molecule has 0 spiro atoms. The summed E-state index contributed by atoms with van der Waals surface area (Å²) in [4.78, 5) is 26.5. The van der Waals surface area contributed by atoms with Gasteiger partial charge in [-0.05, 0) is 66.7 Å². The molecule has 0 aliphatic carbocycles. The van der Waals surface area contributed by atoms with Crippen LogP contribution in [0.25, 0.3) is 0 Å². The molecule has 46 heavy (non-hydrogen) atoms. The number of rotatable bonds is 18. The summed E-state index contributed by atoms with van der Waals surface area (Å²) >= 11 is 1.63. The van der Waals surface area contributed by atoms with Crippen molar-refractivity contribution in [2.24, 2.45) is 0 Å². The summed E-state index contributed by atoms with van der Waals surface area (Å²) in [6, 6.07) is 8.25. The van der Waals surface area contributed by atoms with Crippen molar-refractivity contribution >= 4 is 33.6 Å². The van der Waals surface area contributed by atoms with Gasteiger partial charge in [0.2, 0.25) is 5.91 Å². The lowest BCUT2D eigenvalue weighted by Crippen LogP contribution is -2.57. The SMILES string of the molecule is CCCC(CC)S(=O)(=O)C[C@H](NC(=O)O[C@H]1CCSC1)C(=O)N[C@@H](Cc1cc(F)cc(F)c1)[C@H](O)CNCc1cccc(CC)c1. The Morgan fingerprint density at radius 3 is 2.39 bits per heavy atom. The van der Waals surface area contributed by atoms with Crippen molar-refractivity contribution in [1.29, 1.82) is 0 Å². The molecule has 2 aromatic carbocycles. The van der Waals surface area contributed by atoms with Gasteiger partial charge in [-0.25, -0.2) is 22.0 Å². The number of benzene rings is 2. The lowest BCUT2D eigenvalue weighted by Gasteiger charge is -2.28. The van der Waals surface area contributed by atoms with Gasteiger partial charge in [0.25, 0.3) is 0 Å². The summed E-state index contributed by atoms with van der Waals surface area (Å²) in [5.41, 5.74) is 2.33. The van der Waals surface area contributed by atoms with E-state index in [0.717, 1.165) is 41.5 Å². The van der Waals surface area contributed by atoms with Crippen LogP contribution in [0.3, 0.4) is 0 Å². The van der Waals surface area contributed by atoms with E-state index in [1.165, 1.54) is 0 Å². The molecule has 3 rings (SSSR count). The van der Waals surface area contributed by atoms with E-state index in [9.17, 15) is 31.9 Å². The molecule has 1 fully saturated rings. The Morgan fingerprint density at radius 2 is 1.76 bits per heavy atom. The second kappa shape index (κ2) is 18.6. The van der Waals surface area contributed by atoms with Crippen molar-refractivity contribution < 1.29 is 36.6 Å². The zero-order valence-electron chi connectivity index (χ0n) is 26.8. The standard InChI is InChI=1S/C33H47F2N3O6S2/c1-4-8-28(6-3)46(42,43)21-30(38-33(41)44-27-11-12-45-20-27)32(40)37-29(16-24-14-25(34)17-26(35)15-24)31(39)19-36-18-23-10-7-9-22(5-2)13-23/h7,9-10,13-15,17,27-31,36,39H,4-6,8,11-12,16,18-21H2,1-3H3,(H,37,40)(H,38,41)/t27-,28?,29-,30-,31+/m0/s1. The third kappa shape index (κ3) is 12.1. The van der Waals surface area contributed by atoms with Crippen LogP contribution in [-0.4, -0.2) is 78.9 Å². The van der Waals surface area contributed by atoms with Crippen LogP contribution in [-0.2, 0) is 38.8 Å². The largest absolute Gasteiger partial charge is 0.445 e. The zero-order chi connectivity index (χ0) is 33.7. The number of alkyl carbamates (subject to hydrolysis) is 1. The Labute approximate surface area is 275 Å².